The third-order valence-corrected chi connectivity index (χ3v) is 3.49. The van der Waals surface area contributed by atoms with Gasteiger partial charge in [0.2, 0.25) is 0 Å². The summed E-state index contributed by atoms with van der Waals surface area (Å²) in [6.07, 6.45) is 7.14. The van der Waals surface area contributed by atoms with Gasteiger partial charge in [-0.1, -0.05) is 18.2 Å². The van der Waals surface area contributed by atoms with E-state index in [0.29, 0.717) is 6.54 Å². The van der Waals surface area contributed by atoms with Crippen molar-refractivity contribution < 1.29 is 0 Å². The standard InChI is InChI=1S/C15H18N4/c1-18-10-12(9-17-18)6-7-19-11-13(8-16)14-4-2-3-5-15(14)19/h2-5,9-11H,6-8,16H2,1H3. The minimum atomic E-state index is 0.584. The Morgan fingerprint density at radius 3 is 2.79 bits per heavy atom. The third-order valence-electron chi connectivity index (χ3n) is 3.49. The Morgan fingerprint density at radius 1 is 1.21 bits per heavy atom. The van der Waals surface area contributed by atoms with Crippen molar-refractivity contribution in [1.29, 1.82) is 0 Å². The lowest BCUT2D eigenvalue weighted by Crippen LogP contribution is -2.00. The van der Waals surface area contributed by atoms with E-state index in [1.54, 1.807) is 0 Å². The van der Waals surface area contributed by atoms with Gasteiger partial charge >= 0.3 is 0 Å². The zero-order valence-electron chi connectivity index (χ0n) is 11.1. The molecule has 0 fully saturated rings. The van der Waals surface area contributed by atoms with Crippen molar-refractivity contribution in [3.63, 3.8) is 0 Å². The lowest BCUT2D eigenvalue weighted by molar-refractivity contribution is 0.717. The first-order valence-electron chi connectivity index (χ1n) is 6.52. The maximum atomic E-state index is 5.81. The van der Waals surface area contributed by atoms with Gasteiger partial charge in [-0.2, -0.15) is 5.10 Å². The van der Waals surface area contributed by atoms with Crippen molar-refractivity contribution in [2.24, 2.45) is 12.8 Å². The molecule has 0 aliphatic heterocycles. The minimum Gasteiger partial charge on any atom is -0.347 e. The van der Waals surface area contributed by atoms with Crippen molar-refractivity contribution >= 4 is 10.9 Å². The maximum absolute atomic E-state index is 5.81. The molecule has 3 rings (SSSR count). The smallest absolute Gasteiger partial charge is 0.0522 e. The quantitative estimate of drug-likeness (QED) is 0.775. The SMILES string of the molecule is Cn1cc(CCn2cc(CN)c3ccccc32)cn1. The molecule has 0 amide bonds. The molecule has 0 atom stereocenters. The predicted octanol–water partition coefficient (Wildman–Crippen LogP) is 2.08. The van der Waals surface area contributed by atoms with Crippen molar-refractivity contribution in [2.45, 2.75) is 19.5 Å². The summed E-state index contributed by atoms with van der Waals surface area (Å²) >= 11 is 0. The molecular weight excluding hydrogens is 236 g/mol. The summed E-state index contributed by atoms with van der Waals surface area (Å²) in [4.78, 5) is 0. The van der Waals surface area contributed by atoms with Gasteiger partial charge in [0.1, 0.15) is 0 Å². The highest BCUT2D eigenvalue weighted by Crippen LogP contribution is 2.21. The van der Waals surface area contributed by atoms with Gasteiger partial charge in [0.15, 0.2) is 0 Å². The number of aryl methyl sites for hydroxylation is 3. The minimum absolute atomic E-state index is 0.584. The second kappa shape index (κ2) is 4.90. The fourth-order valence-corrected chi connectivity index (χ4v) is 2.52. The van der Waals surface area contributed by atoms with Crippen LogP contribution in [0.2, 0.25) is 0 Å². The summed E-state index contributed by atoms with van der Waals surface area (Å²) in [5, 5.41) is 5.46. The number of hydrogen-bond acceptors (Lipinski definition) is 2. The van der Waals surface area contributed by atoms with Crippen LogP contribution in [0.4, 0.5) is 0 Å². The number of fused-ring (bicyclic) bond motifs is 1. The third kappa shape index (κ3) is 2.27. The first-order chi connectivity index (χ1) is 9.28. The van der Waals surface area contributed by atoms with Gasteiger partial charge < -0.3 is 10.3 Å². The molecule has 0 aliphatic rings. The van der Waals surface area contributed by atoms with Crippen molar-refractivity contribution in [3.8, 4) is 0 Å². The van der Waals surface area contributed by atoms with Crippen molar-refractivity contribution in [1.82, 2.24) is 14.3 Å². The molecule has 0 unspecified atom stereocenters. The first kappa shape index (κ1) is 12.0. The van der Waals surface area contributed by atoms with Crippen LogP contribution in [-0.2, 0) is 26.6 Å². The van der Waals surface area contributed by atoms with Crippen LogP contribution in [0.25, 0.3) is 10.9 Å². The average Bonchev–Trinajstić information content (AvgIpc) is 3.00. The topological polar surface area (TPSA) is 48.8 Å². The number of para-hydroxylation sites is 1. The van der Waals surface area contributed by atoms with Gasteiger partial charge in [-0.25, -0.2) is 0 Å². The van der Waals surface area contributed by atoms with Gasteiger partial charge in [-0.15, -0.1) is 0 Å². The number of rotatable bonds is 4. The fraction of sp³-hybridized carbons (Fsp3) is 0.267. The number of benzene rings is 1. The summed E-state index contributed by atoms with van der Waals surface area (Å²) in [7, 11) is 1.95. The van der Waals surface area contributed by atoms with Crippen LogP contribution in [0, 0.1) is 0 Å². The molecule has 19 heavy (non-hydrogen) atoms. The Balaban J connectivity index is 1.88. The highest BCUT2D eigenvalue weighted by Gasteiger charge is 2.06. The highest BCUT2D eigenvalue weighted by atomic mass is 15.2. The Kier molecular flexibility index (Phi) is 3.09. The molecule has 0 saturated carbocycles. The zero-order chi connectivity index (χ0) is 13.2. The maximum Gasteiger partial charge on any atom is 0.0522 e. The lowest BCUT2D eigenvalue weighted by Gasteiger charge is -2.03. The second-order valence-corrected chi connectivity index (χ2v) is 4.84. The summed E-state index contributed by atoms with van der Waals surface area (Å²) < 4.78 is 4.12. The van der Waals surface area contributed by atoms with Gasteiger partial charge in [0.05, 0.1) is 6.20 Å². The van der Waals surface area contributed by atoms with E-state index in [2.05, 4.69) is 46.3 Å². The summed E-state index contributed by atoms with van der Waals surface area (Å²) in [6, 6.07) is 8.42. The molecule has 3 aromatic rings. The van der Waals surface area contributed by atoms with Crippen molar-refractivity contribution in [2.75, 3.05) is 0 Å². The van der Waals surface area contributed by atoms with Crippen molar-refractivity contribution in [3.05, 3.63) is 54.0 Å². The van der Waals surface area contributed by atoms with E-state index in [4.69, 9.17) is 5.73 Å². The van der Waals surface area contributed by atoms with Crippen LogP contribution in [-0.4, -0.2) is 14.3 Å². The molecule has 2 heterocycles. The normalized spacial score (nSPS) is 11.3. The lowest BCUT2D eigenvalue weighted by atomic mass is 10.2. The molecule has 0 bridgehead atoms. The Morgan fingerprint density at radius 2 is 2.05 bits per heavy atom. The van der Waals surface area contributed by atoms with Crippen LogP contribution in [0.15, 0.2) is 42.9 Å². The molecule has 0 aliphatic carbocycles. The summed E-state index contributed by atoms with van der Waals surface area (Å²) in [6.45, 7) is 1.53. The molecule has 0 saturated heterocycles. The van der Waals surface area contributed by atoms with Gasteiger partial charge in [0, 0.05) is 43.4 Å². The van der Waals surface area contributed by atoms with Crippen LogP contribution < -0.4 is 5.73 Å². The zero-order valence-corrected chi connectivity index (χ0v) is 11.1. The first-order valence-corrected chi connectivity index (χ1v) is 6.52. The van der Waals surface area contributed by atoms with E-state index >= 15 is 0 Å². The van der Waals surface area contributed by atoms with Gasteiger partial charge in [-0.3, -0.25) is 4.68 Å². The number of hydrogen-bond donors (Lipinski definition) is 1. The second-order valence-electron chi connectivity index (χ2n) is 4.84. The van der Waals surface area contributed by atoms with E-state index in [0.717, 1.165) is 13.0 Å². The van der Waals surface area contributed by atoms with E-state index in [1.807, 2.05) is 17.9 Å². The van der Waals surface area contributed by atoms with Gasteiger partial charge in [-0.05, 0) is 23.6 Å². The molecule has 2 N–H and O–H groups in total. The Hall–Kier alpha value is -2.07. The molecule has 98 valence electrons. The average molecular weight is 254 g/mol. The number of nitrogens with zero attached hydrogens (tertiary/aromatic N) is 3. The van der Waals surface area contributed by atoms with E-state index < -0.39 is 0 Å². The fourth-order valence-electron chi connectivity index (χ4n) is 2.52. The number of aromatic nitrogens is 3. The largest absolute Gasteiger partial charge is 0.347 e. The molecule has 4 heteroatoms. The monoisotopic (exact) mass is 254 g/mol. The Labute approximate surface area is 112 Å². The van der Waals surface area contributed by atoms with Crippen LogP contribution in [0.1, 0.15) is 11.1 Å². The van der Waals surface area contributed by atoms with Crippen LogP contribution >= 0.6 is 0 Å². The molecule has 0 spiro atoms. The number of nitrogens with two attached hydrogens (primary N) is 1. The summed E-state index contributed by atoms with van der Waals surface area (Å²) in [5.41, 5.74) is 9.54. The molecule has 0 radical (unpaired) electrons. The molecule has 1 aromatic carbocycles. The van der Waals surface area contributed by atoms with Gasteiger partial charge in [0.25, 0.3) is 0 Å². The van der Waals surface area contributed by atoms with Crippen LogP contribution in [0.3, 0.4) is 0 Å². The highest BCUT2D eigenvalue weighted by molar-refractivity contribution is 5.83. The summed E-state index contributed by atoms with van der Waals surface area (Å²) in [5.74, 6) is 0. The van der Waals surface area contributed by atoms with Crippen LogP contribution in [0.5, 0.6) is 0 Å². The predicted molar refractivity (Wildman–Crippen MR) is 76.7 cm³/mol. The molecular formula is C15H18N4. The van der Waals surface area contributed by atoms with E-state index in [9.17, 15) is 0 Å². The molecule has 2 aromatic heterocycles. The van der Waals surface area contributed by atoms with E-state index in [-0.39, 0.29) is 0 Å². The molecule has 4 nitrogen and oxygen atoms in total. The Bertz CT molecular complexity index is 693. The van der Waals surface area contributed by atoms with E-state index in [1.165, 1.54) is 22.0 Å².